The van der Waals surface area contributed by atoms with Crippen molar-refractivity contribution in [2.24, 2.45) is 0 Å². The first-order chi connectivity index (χ1) is 11.2. The zero-order chi connectivity index (χ0) is 17.7. The fourth-order valence-electron chi connectivity index (χ4n) is 3.55. The summed E-state index contributed by atoms with van der Waals surface area (Å²) < 4.78 is 25.6. The molecule has 2 aliphatic rings. The van der Waals surface area contributed by atoms with Crippen LogP contribution in [0.25, 0.3) is 0 Å². The summed E-state index contributed by atoms with van der Waals surface area (Å²) in [5, 5.41) is 16.3. The molecule has 3 atom stereocenters. The van der Waals surface area contributed by atoms with Crippen molar-refractivity contribution in [1.29, 1.82) is 0 Å². The normalized spacial score (nSPS) is 30.9. The Bertz CT molecular complexity index is 789. The van der Waals surface area contributed by atoms with Gasteiger partial charge in [0.15, 0.2) is 15.9 Å². The van der Waals surface area contributed by atoms with Gasteiger partial charge >= 0.3 is 5.97 Å². The number of rotatable bonds is 6. The predicted octanol–water partition coefficient (Wildman–Crippen LogP) is -0.181. The molecule has 0 aliphatic carbocycles. The highest BCUT2D eigenvalue weighted by Gasteiger charge is 2.70. The molecule has 1 amide bonds. The number of amides is 1. The number of sulfone groups is 1. The third-order valence-corrected chi connectivity index (χ3v) is 7.76. The van der Waals surface area contributed by atoms with E-state index in [4.69, 9.17) is 0 Å². The molecule has 9 nitrogen and oxygen atoms in total. The van der Waals surface area contributed by atoms with E-state index in [0.29, 0.717) is 6.42 Å². The van der Waals surface area contributed by atoms with Crippen LogP contribution in [0.5, 0.6) is 0 Å². The van der Waals surface area contributed by atoms with Gasteiger partial charge in [0.1, 0.15) is 10.1 Å². The lowest BCUT2D eigenvalue weighted by molar-refractivity contribution is -0.157. The standard InChI is InChI=1S/C14H20N4O5S/c1-3-4-5-9-7-15-16-17(9)8-14(2)12(13(20)21)18-10(19)6-11(18)24(14,22)23/h7,11-12H,3-6,8H2,1-2H3,(H,20,21)/t11-,12+,14+/m1/s1. The Labute approximate surface area is 139 Å². The van der Waals surface area contributed by atoms with E-state index < -0.39 is 37.9 Å². The maximum Gasteiger partial charge on any atom is 0.328 e. The summed E-state index contributed by atoms with van der Waals surface area (Å²) in [6.45, 7) is 3.29. The highest BCUT2D eigenvalue weighted by molar-refractivity contribution is 7.93. The summed E-state index contributed by atoms with van der Waals surface area (Å²) in [7, 11) is -3.83. The van der Waals surface area contributed by atoms with E-state index in [1.165, 1.54) is 11.6 Å². The van der Waals surface area contributed by atoms with Crippen LogP contribution in [0.3, 0.4) is 0 Å². The van der Waals surface area contributed by atoms with Crippen LogP contribution in [0.4, 0.5) is 0 Å². The molecule has 1 aromatic rings. The first-order valence-electron chi connectivity index (χ1n) is 7.89. The van der Waals surface area contributed by atoms with E-state index in [-0.39, 0.29) is 13.0 Å². The van der Waals surface area contributed by atoms with Crippen LogP contribution < -0.4 is 0 Å². The SMILES string of the molecule is CCCCc1cnnn1C[C@@]1(C)[C@H](C(=O)O)N2C(=O)C[C@H]2S1(=O)=O. The summed E-state index contributed by atoms with van der Waals surface area (Å²) in [6, 6.07) is -1.41. The van der Waals surface area contributed by atoms with Gasteiger partial charge in [-0.1, -0.05) is 18.6 Å². The molecule has 10 heteroatoms. The summed E-state index contributed by atoms with van der Waals surface area (Å²) in [5.74, 6) is -1.75. The van der Waals surface area contributed by atoms with Crippen LogP contribution in [-0.4, -0.2) is 61.5 Å². The van der Waals surface area contributed by atoms with Gasteiger partial charge in [0.2, 0.25) is 5.91 Å². The first kappa shape index (κ1) is 16.9. The van der Waals surface area contributed by atoms with Gasteiger partial charge in [-0.15, -0.1) is 5.10 Å². The van der Waals surface area contributed by atoms with Crippen LogP contribution in [0.1, 0.15) is 38.8 Å². The van der Waals surface area contributed by atoms with Gasteiger partial charge in [-0.05, 0) is 19.8 Å². The fourth-order valence-corrected chi connectivity index (χ4v) is 5.90. The van der Waals surface area contributed by atoms with Crippen molar-refractivity contribution in [2.75, 3.05) is 0 Å². The first-order valence-corrected chi connectivity index (χ1v) is 9.43. The van der Waals surface area contributed by atoms with Crippen LogP contribution in [0.2, 0.25) is 0 Å². The zero-order valence-corrected chi connectivity index (χ0v) is 14.4. The number of carboxylic acids is 1. The monoisotopic (exact) mass is 356 g/mol. The number of aryl methyl sites for hydroxylation is 1. The summed E-state index contributed by atoms with van der Waals surface area (Å²) in [6.07, 6.45) is 3.96. The number of fused-ring (bicyclic) bond motifs is 1. The molecule has 2 fully saturated rings. The fraction of sp³-hybridized carbons (Fsp3) is 0.714. The van der Waals surface area contributed by atoms with E-state index in [1.54, 1.807) is 6.20 Å². The van der Waals surface area contributed by atoms with Gasteiger partial charge in [0, 0.05) is 0 Å². The predicted molar refractivity (Wildman–Crippen MR) is 82.6 cm³/mol. The third kappa shape index (κ3) is 2.15. The molecular weight excluding hydrogens is 336 g/mol. The second-order valence-corrected chi connectivity index (χ2v) is 9.11. The molecule has 0 radical (unpaired) electrons. The number of carboxylic acid groups (broad SMARTS) is 1. The Morgan fingerprint density at radius 2 is 2.21 bits per heavy atom. The number of hydrogen-bond donors (Lipinski definition) is 1. The van der Waals surface area contributed by atoms with Crippen LogP contribution >= 0.6 is 0 Å². The lowest BCUT2D eigenvalue weighted by atomic mass is 9.96. The van der Waals surface area contributed by atoms with Crippen molar-refractivity contribution in [3.8, 4) is 0 Å². The molecule has 0 aromatic carbocycles. The van der Waals surface area contributed by atoms with Crippen LogP contribution in [0, 0.1) is 0 Å². The van der Waals surface area contributed by atoms with Gasteiger partial charge in [-0.2, -0.15) is 0 Å². The van der Waals surface area contributed by atoms with E-state index in [2.05, 4.69) is 10.3 Å². The zero-order valence-electron chi connectivity index (χ0n) is 13.5. The van der Waals surface area contributed by atoms with Gasteiger partial charge in [-0.3, -0.25) is 4.79 Å². The van der Waals surface area contributed by atoms with Crippen LogP contribution in [0.15, 0.2) is 6.20 Å². The average molecular weight is 356 g/mol. The lowest BCUT2D eigenvalue weighted by Crippen LogP contribution is -2.58. The van der Waals surface area contributed by atoms with Gasteiger partial charge in [-0.25, -0.2) is 17.9 Å². The maximum atomic E-state index is 12.9. The molecule has 0 saturated carbocycles. The molecule has 2 aliphatic heterocycles. The highest BCUT2D eigenvalue weighted by Crippen LogP contribution is 2.46. The molecule has 3 rings (SSSR count). The number of β-lactam (4-membered cyclic amide) rings is 1. The van der Waals surface area contributed by atoms with Crippen molar-refractivity contribution in [3.63, 3.8) is 0 Å². The van der Waals surface area contributed by atoms with E-state index in [0.717, 1.165) is 23.4 Å². The molecule has 24 heavy (non-hydrogen) atoms. The number of carbonyl (C=O) groups is 2. The number of carbonyl (C=O) groups excluding carboxylic acids is 1. The number of aliphatic carboxylic acids is 1. The summed E-state index contributed by atoms with van der Waals surface area (Å²) >= 11 is 0. The second-order valence-electron chi connectivity index (χ2n) is 6.54. The van der Waals surface area contributed by atoms with Crippen molar-refractivity contribution < 1.29 is 23.1 Å². The molecule has 0 bridgehead atoms. The van der Waals surface area contributed by atoms with Gasteiger partial charge in [0.05, 0.1) is 24.9 Å². The number of aromatic nitrogens is 3. The molecule has 0 spiro atoms. The van der Waals surface area contributed by atoms with Crippen molar-refractivity contribution in [2.45, 2.75) is 62.2 Å². The number of hydrogen-bond acceptors (Lipinski definition) is 6. The minimum Gasteiger partial charge on any atom is -0.480 e. The second kappa shape index (κ2) is 5.54. The molecule has 1 N–H and O–H groups in total. The molecule has 132 valence electrons. The summed E-state index contributed by atoms with van der Waals surface area (Å²) in [5.41, 5.74) is 0.762. The molecular formula is C14H20N4O5S. The maximum absolute atomic E-state index is 12.9. The average Bonchev–Trinajstić information content (AvgIpc) is 2.98. The Kier molecular flexibility index (Phi) is 3.89. The van der Waals surface area contributed by atoms with Crippen molar-refractivity contribution >= 4 is 21.7 Å². The molecule has 2 saturated heterocycles. The number of nitrogens with zero attached hydrogens (tertiary/aromatic N) is 4. The minimum atomic E-state index is -3.83. The van der Waals surface area contributed by atoms with E-state index in [9.17, 15) is 23.1 Å². The minimum absolute atomic E-state index is 0.133. The van der Waals surface area contributed by atoms with Crippen molar-refractivity contribution in [3.05, 3.63) is 11.9 Å². The van der Waals surface area contributed by atoms with Crippen molar-refractivity contribution in [1.82, 2.24) is 19.9 Å². The Morgan fingerprint density at radius 3 is 2.79 bits per heavy atom. The Balaban J connectivity index is 1.99. The Morgan fingerprint density at radius 1 is 1.50 bits per heavy atom. The smallest absolute Gasteiger partial charge is 0.328 e. The topological polar surface area (TPSA) is 122 Å². The summed E-state index contributed by atoms with van der Waals surface area (Å²) in [4.78, 5) is 24.5. The molecule has 0 unspecified atom stereocenters. The van der Waals surface area contributed by atoms with E-state index >= 15 is 0 Å². The third-order valence-electron chi connectivity index (χ3n) is 4.99. The highest BCUT2D eigenvalue weighted by atomic mass is 32.2. The number of unbranched alkanes of at least 4 members (excludes halogenated alkanes) is 1. The van der Waals surface area contributed by atoms with E-state index in [1.807, 2.05) is 6.92 Å². The van der Waals surface area contributed by atoms with Gasteiger partial charge < -0.3 is 10.0 Å². The van der Waals surface area contributed by atoms with Gasteiger partial charge in [0.25, 0.3) is 0 Å². The quantitative estimate of drug-likeness (QED) is 0.701. The largest absolute Gasteiger partial charge is 0.480 e. The molecule has 1 aromatic heterocycles. The lowest BCUT2D eigenvalue weighted by Gasteiger charge is -2.35. The molecule has 3 heterocycles. The Hall–Kier alpha value is -1.97. The van der Waals surface area contributed by atoms with Crippen LogP contribution in [-0.2, 0) is 32.4 Å².